The molecule has 0 saturated carbocycles. The molecule has 0 spiro atoms. The lowest BCUT2D eigenvalue weighted by Crippen LogP contribution is -2.19. The van der Waals surface area contributed by atoms with E-state index in [0.29, 0.717) is 0 Å². The Morgan fingerprint density at radius 3 is 2.89 bits per heavy atom. The van der Waals surface area contributed by atoms with Gasteiger partial charge in [-0.15, -0.1) is 11.3 Å². The molecule has 0 saturated heterocycles. The lowest BCUT2D eigenvalue weighted by atomic mass is 10.2. The summed E-state index contributed by atoms with van der Waals surface area (Å²) in [4.78, 5) is 4.63. The highest BCUT2D eigenvalue weighted by Gasteiger charge is 2.12. The van der Waals surface area contributed by atoms with Crippen LogP contribution in [0.25, 0.3) is 10.2 Å². The van der Waals surface area contributed by atoms with E-state index in [1.165, 1.54) is 4.70 Å². The zero-order valence-corrected chi connectivity index (χ0v) is 11.6. The Morgan fingerprint density at radius 1 is 1.26 bits per heavy atom. The first-order chi connectivity index (χ1) is 9.36. The topological polar surface area (TPSA) is 38.1 Å². The van der Waals surface area contributed by atoms with Crippen molar-refractivity contribution in [2.24, 2.45) is 0 Å². The van der Waals surface area contributed by atoms with Crippen LogP contribution < -0.4 is 5.32 Å². The van der Waals surface area contributed by atoms with E-state index < -0.39 is 0 Å². The highest BCUT2D eigenvalue weighted by atomic mass is 32.1. The molecule has 4 heteroatoms. The van der Waals surface area contributed by atoms with Gasteiger partial charge in [-0.2, -0.15) is 0 Å². The van der Waals surface area contributed by atoms with Crippen LogP contribution in [-0.2, 0) is 6.54 Å². The maximum absolute atomic E-state index is 5.45. The van der Waals surface area contributed by atoms with Crippen LogP contribution in [0.5, 0.6) is 0 Å². The fourth-order valence-corrected chi connectivity index (χ4v) is 3.06. The Hall–Kier alpha value is -1.65. The van der Waals surface area contributed by atoms with Gasteiger partial charge in [0.2, 0.25) is 0 Å². The first kappa shape index (κ1) is 12.4. The summed E-state index contributed by atoms with van der Waals surface area (Å²) in [6.07, 6.45) is 2.72. The number of fused-ring (bicyclic) bond motifs is 1. The lowest BCUT2D eigenvalue weighted by molar-refractivity contribution is 0.403. The molecule has 3 aromatic rings. The third-order valence-corrected chi connectivity index (χ3v) is 4.17. The van der Waals surface area contributed by atoms with Gasteiger partial charge in [0.1, 0.15) is 10.8 Å². The Balaban J connectivity index is 1.71. The van der Waals surface area contributed by atoms with E-state index in [-0.39, 0.29) is 6.04 Å². The van der Waals surface area contributed by atoms with E-state index in [9.17, 15) is 0 Å². The maximum Gasteiger partial charge on any atom is 0.120 e. The Kier molecular flexibility index (Phi) is 3.62. The van der Waals surface area contributed by atoms with E-state index in [1.807, 2.05) is 18.2 Å². The zero-order chi connectivity index (χ0) is 13.1. The summed E-state index contributed by atoms with van der Waals surface area (Å²) in [5.74, 6) is 0.989. The summed E-state index contributed by atoms with van der Waals surface area (Å²) in [7, 11) is 0. The quantitative estimate of drug-likeness (QED) is 0.759. The minimum Gasteiger partial charge on any atom is -0.468 e. The summed E-state index contributed by atoms with van der Waals surface area (Å²) in [5, 5.41) is 4.62. The van der Waals surface area contributed by atoms with Crippen molar-refractivity contribution in [3.05, 3.63) is 53.4 Å². The third-order valence-electron chi connectivity index (χ3n) is 3.13. The molecule has 0 aliphatic rings. The van der Waals surface area contributed by atoms with Gasteiger partial charge < -0.3 is 9.73 Å². The number of benzene rings is 1. The largest absolute Gasteiger partial charge is 0.468 e. The first-order valence-electron chi connectivity index (χ1n) is 6.48. The average Bonchev–Trinajstić information content (AvgIpc) is 3.08. The van der Waals surface area contributed by atoms with E-state index >= 15 is 0 Å². The van der Waals surface area contributed by atoms with Crippen LogP contribution in [0.15, 0.2) is 47.1 Å². The summed E-state index contributed by atoms with van der Waals surface area (Å²) in [6, 6.07) is 12.4. The van der Waals surface area contributed by atoms with Crippen LogP contribution >= 0.6 is 11.3 Å². The molecule has 1 aromatic carbocycles. The van der Waals surface area contributed by atoms with Crippen LogP contribution in [0.4, 0.5) is 0 Å². The van der Waals surface area contributed by atoms with Gasteiger partial charge in [-0.05, 0) is 30.7 Å². The molecule has 0 aliphatic heterocycles. The molecule has 1 N–H and O–H groups in total. The lowest BCUT2D eigenvalue weighted by Gasteiger charge is -2.13. The van der Waals surface area contributed by atoms with Crippen LogP contribution in [0.3, 0.4) is 0 Å². The average molecular weight is 272 g/mol. The number of hydrogen-bond acceptors (Lipinski definition) is 4. The normalized spacial score (nSPS) is 12.9. The van der Waals surface area contributed by atoms with Crippen LogP contribution in [0.2, 0.25) is 0 Å². The van der Waals surface area contributed by atoms with Gasteiger partial charge in [0, 0.05) is 6.54 Å². The molecule has 98 valence electrons. The van der Waals surface area contributed by atoms with Gasteiger partial charge >= 0.3 is 0 Å². The molecule has 0 bridgehead atoms. The van der Waals surface area contributed by atoms with Crippen molar-refractivity contribution in [3.63, 3.8) is 0 Å². The van der Waals surface area contributed by atoms with Crippen LogP contribution in [0, 0.1) is 0 Å². The molecule has 19 heavy (non-hydrogen) atoms. The highest BCUT2D eigenvalue weighted by molar-refractivity contribution is 7.18. The fourth-order valence-electron chi connectivity index (χ4n) is 2.14. The highest BCUT2D eigenvalue weighted by Crippen LogP contribution is 2.23. The van der Waals surface area contributed by atoms with Crippen LogP contribution in [-0.4, -0.2) is 4.98 Å². The second-order valence-electron chi connectivity index (χ2n) is 4.43. The molecular weight excluding hydrogens is 256 g/mol. The molecule has 3 nitrogen and oxygen atoms in total. The number of hydrogen-bond donors (Lipinski definition) is 1. The molecule has 1 atom stereocenters. The minimum absolute atomic E-state index is 0.252. The number of rotatable bonds is 5. The van der Waals surface area contributed by atoms with Gasteiger partial charge in [-0.25, -0.2) is 4.98 Å². The second kappa shape index (κ2) is 5.55. The summed E-state index contributed by atoms with van der Waals surface area (Å²) in [5.41, 5.74) is 1.08. The number of furan rings is 1. The van der Waals surface area contributed by atoms with Gasteiger partial charge in [-0.3, -0.25) is 0 Å². The van der Waals surface area contributed by atoms with Crippen molar-refractivity contribution < 1.29 is 4.42 Å². The Labute approximate surface area is 116 Å². The summed E-state index contributed by atoms with van der Waals surface area (Å²) < 4.78 is 6.70. The predicted octanol–water partition coefficient (Wildman–Crippen LogP) is 4.13. The van der Waals surface area contributed by atoms with Gasteiger partial charge in [0.05, 0.1) is 22.5 Å². The predicted molar refractivity (Wildman–Crippen MR) is 78.2 cm³/mol. The van der Waals surface area contributed by atoms with Crippen LogP contribution in [0.1, 0.15) is 30.2 Å². The van der Waals surface area contributed by atoms with Gasteiger partial charge in [0.25, 0.3) is 0 Å². The van der Waals surface area contributed by atoms with Crippen molar-refractivity contribution >= 4 is 21.6 Å². The van der Waals surface area contributed by atoms with Crippen molar-refractivity contribution in [1.29, 1.82) is 0 Å². The smallest absolute Gasteiger partial charge is 0.120 e. The SMILES string of the molecule is CCC(NCc1nc2ccccc2s1)c1ccco1. The van der Waals surface area contributed by atoms with Crippen molar-refractivity contribution in [1.82, 2.24) is 10.3 Å². The van der Waals surface area contributed by atoms with Crippen molar-refractivity contribution in [2.45, 2.75) is 25.9 Å². The molecule has 0 amide bonds. The monoisotopic (exact) mass is 272 g/mol. The molecule has 3 rings (SSSR count). The molecule has 2 aromatic heterocycles. The van der Waals surface area contributed by atoms with Crippen molar-refractivity contribution in [2.75, 3.05) is 0 Å². The maximum atomic E-state index is 5.45. The Bertz CT molecular complexity index is 612. The fraction of sp³-hybridized carbons (Fsp3) is 0.267. The number of para-hydroxylation sites is 1. The standard InChI is InChI=1S/C15H16N2OS/c1-2-11(13-7-5-9-18-13)16-10-15-17-12-6-3-4-8-14(12)19-15/h3-9,11,16H,2,10H2,1H3. The van der Waals surface area contributed by atoms with E-state index in [4.69, 9.17) is 4.42 Å². The van der Waals surface area contributed by atoms with Gasteiger partial charge in [0.15, 0.2) is 0 Å². The third kappa shape index (κ3) is 2.69. The molecule has 2 heterocycles. The number of nitrogens with one attached hydrogen (secondary N) is 1. The summed E-state index contributed by atoms with van der Waals surface area (Å²) >= 11 is 1.74. The first-order valence-corrected chi connectivity index (χ1v) is 7.29. The molecule has 1 unspecified atom stereocenters. The number of aromatic nitrogens is 1. The molecular formula is C15H16N2OS. The molecule has 0 fully saturated rings. The number of thiazole rings is 1. The summed E-state index contributed by atoms with van der Waals surface area (Å²) in [6.45, 7) is 2.93. The molecule has 0 aliphatic carbocycles. The van der Waals surface area contributed by atoms with E-state index in [0.717, 1.165) is 29.3 Å². The van der Waals surface area contributed by atoms with Crippen molar-refractivity contribution in [3.8, 4) is 0 Å². The number of nitrogens with zero attached hydrogens (tertiary/aromatic N) is 1. The zero-order valence-electron chi connectivity index (χ0n) is 10.8. The molecule has 0 radical (unpaired) electrons. The van der Waals surface area contributed by atoms with E-state index in [2.05, 4.69) is 35.4 Å². The van der Waals surface area contributed by atoms with Gasteiger partial charge in [-0.1, -0.05) is 19.1 Å². The van der Waals surface area contributed by atoms with E-state index in [1.54, 1.807) is 17.6 Å². The minimum atomic E-state index is 0.252. The second-order valence-corrected chi connectivity index (χ2v) is 5.55. The Morgan fingerprint density at radius 2 is 2.16 bits per heavy atom.